The Morgan fingerprint density at radius 1 is 1.44 bits per heavy atom. The van der Waals surface area contributed by atoms with Gasteiger partial charge in [0.1, 0.15) is 0 Å². The zero-order valence-electron chi connectivity index (χ0n) is 11.3. The predicted octanol–water partition coefficient (Wildman–Crippen LogP) is 1.82. The summed E-state index contributed by atoms with van der Waals surface area (Å²) >= 11 is 0. The number of nitrogens with one attached hydrogen (secondary N) is 1. The van der Waals surface area contributed by atoms with E-state index < -0.39 is 0 Å². The highest BCUT2D eigenvalue weighted by molar-refractivity contribution is 5.06. The second kappa shape index (κ2) is 5.82. The normalized spacial score (nSPS) is 12.8. The predicted molar refractivity (Wildman–Crippen MR) is 71.3 cm³/mol. The number of aromatic nitrogens is 4. The van der Waals surface area contributed by atoms with Gasteiger partial charge in [-0.05, 0) is 26.5 Å². The van der Waals surface area contributed by atoms with Crippen LogP contribution in [0.3, 0.4) is 0 Å². The fraction of sp³-hybridized carbons (Fsp3) is 0.538. The molecule has 1 atom stereocenters. The molecular weight excluding hydrogens is 226 g/mol. The average molecular weight is 247 g/mol. The van der Waals surface area contributed by atoms with E-state index >= 15 is 0 Å². The molecule has 2 heterocycles. The van der Waals surface area contributed by atoms with Gasteiger partial charge in [0.2, 0.25) is 0 Å². The minimum absolute atomic E-state index is 0.455. The van der Waals surface area contributed by atoms with Gasteiger partial charge < -0.3 is 5.32 Å². The molecule has 0 aliphatic carbocycles. The van der Waals surface area contributed by atoms with E-state index in [1.807, 2.05) is 28.8 Å². The van der Waals surface area contributed by atoms with Gasteiger partial charge in [0.05, 0.1) is 18.4 Å². The fourth-order valence-corrected chi connectivity index (χ4v) is 1.85. The number of hydrogen-bond donors (Lipinski definition) is 1. The molecule has 0 aromatic carbocycles. The third kappa shape index (κ3) is 2.98. The Morgan fingerprint density at radius 3 is 3.00 bits per heavy atom. The monoisotopic (exact) mass is 247 g/mol. The molecule has 2 rings (SSSR count). The molecule has 2 aromatic heterocycles. The molecule has 0 saturated heterocycles. The highest BCUT2D eigenvalue weighted by Gasteiger charge is 2.05. The van der Waals surface area contributed by atoms with E-state index in [9.17, 15) is 0 Å². The minimum Gasteiger partial charge on any atom is -0.316 e. The molecule has 1 N–H and O–H groups in total. The Labute approximate surface area is 108 Å². The molecule has 0 fully saturated rings. The maximum absolute atomic E-state index is 4.57. The lowest BCUT2D eigenvalue weighted by molar-refractivity contribution is 0.471. The Bertz CT molecular complexity index is 485. The van der Waals surface area contributed by atoms with Crippen molar-refractivity contribution in [1.29, 1.82) is 0 Å². The maximum atomic E-state index is 4.57. The van der Waals surface area contributed by atoms with Crippen LogP contribution in [0.25, 0.3) is 0 Å². The molecule has 0 radical (unpaired) electrons. The summed E-state index contributed by atoms with van der Waals surface area (Å²) in [7, 11) is 1.94. The van der Waals surface area contributed by atoms with Crippen LogP contribution < -0.4 is 5.32 Å². The standard InChI is InChI=1S/C13H21N5/c1-4-11(2)18-6-5-13(16-18)10-17-9-12(7-14-3)8-15-17/h5-6,8-9,11,14H,4,7,10H2,1-3H3. The SMILES string of the molecule is CCC(C)n1ccc(Cn2cc(CNC)cn2)n1. The van der Waals surface area contributed by atoms with Crippen LogP contribution in [0.4, 0.5) is 0 Å². The Morgan fingerprint density at radius 2 is 2.28 bits per heavy atom. The lowest BCUT2D eigenvalue weighted by atomic mass is 10.3. The Kier molecular flexibility index (Phi) is 4.15. The third-order valence-corrected chi connectivity index (χ3v) is 3.10. The van der Waals surface area contributed by atoms with Crippen molar-refractivity contribution in [3.63, 3.8) is 0 Å². The molecule has 0 bridgehead atoms. The Balaban J connectivity index is 2.01. The first-order chi connectivity index (χ1) is 8.72. The highest BCUT2D eigenvalue weighted by Crippen LogP contribution is 2.10. The van der Waals surface area contributed by atoms with Gasteiger partial charge in [0, 0.05) is 30.5 Å². The van der Waals surface area contributed by atoms with Crippen LogP contribution >= 0.6 is 0 Å². The first kappa shape index (κ1) is 12.8. The highest BCUT2D eigenvalue weighted by atomic mass is 15.3. The molecule has 18 heavy (non-hydrogen) atoms. The lowest BCUT2D eigenvalue weighted by Crippen LogP contribution is -2.07. The van der Waals surface area contributed by atoms with Gasteiger partial charge in [-0.25, -0.2) is 0 Å². The molecular formula is C13H21N5. The average Bonchev–Trinajstić information content (AvgIpc) is 2.99. The molecule has 5 heteroatoms. The number of hydrogen-bond acceptors (Lipinski definition) is 3. The van der Waals surface area contributed by atoms with Crippen LogP contribution in [-0.2, 0) is 13.1 Å². The van der Waals surface area contributed by atoms with Gasteiger partial charge in [-0.3, -0.25) is 9.36 Å². The van der Waals surface area contributed by atoms with E-state index in [-0.39, 0.29) is 0 Å². The molecule has 0 aliphatic heterocycles. The maximum Gasteiger partial charge on any atom is 0.0849 e. The van der Waals surface area contributed by atoms with Crippen LogP contribution in [-0.4, -0.2) is 26.6 Å². The van der Waals surface area contributed by atoms with Crippen molar-refractivity contribution in [3.8, 4) is 0 Å². The van der Waals surface area contributed by atoms with Crippen LogP contribution in [0.15, 0.2) is 24.7 Å². The second-order valence-corrected chi connectivity index (χ2v) is 4.62. The van der Waals surface area contributed by atoms with Crippen LogP contribution in [0.1, 0.15) is 37.6 Å². The van der Waals surface area contributed by atoms with Gasteiger partial charge in [0.15, 0.2) is 0 Å². The summed E-state index contributed by atoms with van der Waals surface area (Å²) < 4.78 is 3.95. The number of rotatable bonds is 6. The van der Waals surface area contributed by atoms with Crippen molar-refractivity contribution in [2.75, 3.05) is 7.05 Å². The summed E-state index contributed by atoms with van der Waals surface area (Å²) in [6, 6.07) is 2.52. The molecule has 0 aliphatic rings. The van der Waals surface area contributed by atoms with E-state index in [1.54, 1.807) is 0 Å². The quantitative estimate of drug-likeness (QED) is 0.847. The lowest BCUT2D eigenvalue weighted by Gasteiger charge is -2.08. The summed E-state index contributed by atoms with van der Waals surface area (Å²) in [5.41, 5.74) is 2.24. The summed E-state index contributed by atoms with van der Waals surface area (Å²) in [5, 5.41) is 12.0. The summed E-state index contributed by atoms with van der Waals surface area (Å²) in [6.07, 6.45) is 7.08. The van der Waals surface area contributed by atoms with E-state index in [4.69, 9.17) is 0 Å². The van der Waals surface area contributed by atoms with E-state index in [2.05, 4.69) is 41.6 Å². The van der Waals surface area contributed by atoms with Crippen molar-refractivity contribution < 1.29 is 0 Å². The third-order valence-electron chi connectivity index (χ3n) is 3.10. The van der Waals surface area contributed by atoms with Gasteiger partial charge in [0.25, 0.3) is 0 Å². The topological polar surface area (TPSA) is 47.7 Å². The summed E-state index contributed by atoms with van der Waals surface area (Å²) in [6.45, 7) is 5.92. The molecule has 98 valence electrons. The van der Waals surface area contributed by atoms with Crippen LogP contribution in [0.5, 0.6) is 0 Å². The van der Waals surface area contributed by atoms with E-state index in [0.717, 1.165) is 25.2 Å². The van der Waals surface area contributed by atoms with Gasteiger partial charge in [-0.1, -0.05) is 6.92 Å². The Hall–Kier alpha value is -1.62. The van der Waals surface area contributed by atoms with Gasteiger partial charge in [-0.2, -0.15) is 10.2 Å². The van der Waals surface area contributed by atoms with Crippen molar-refractivity contribution in [2.24, 2.45) is 0 Å². The van der Waals surface area contributed by atoms with Crippen molar-refractivity contribution in [3.05, 3.63) is 35.9 Å². The number of nitrogens with zero attached hydrogens (tertiary/aromatic N) is 4. The summed E-state index contributed by atoms with van der Waals surface area (Å²) in [5.74, 6) is 0. The van der Waals surface area contributed by atoms with Crippen LogP contribution in [0, 0.1) is 0 Å². The first-order valence-electron chi connectivity index (χ1n) is 6.43. The first-order valence-corrected chi connectivity index (χ1v) is 6.43. The van der Waals surface area contributed by atoms with Crippen molar-refractivity contribution >= 4 is 0 Å². The molecule has 0 amide bonds. The fourth-order valence-electron chi connectivity index (χ4n) is 1.85. The van der Waals surface area contributed by atoms with Crippen LogP contribution in [0.2, 0.25) is 0 Å². The van der Waals surface area contributed by atoms with E-state index in [0.29, 0.717) is 6.04 Å². The second-order valence-electron chi connectivity index (χ2n) is 4.62. The smallest absolute Gasteiger partial charge is 0.0849 e. The molecule has 2 aromatic rings. The molecule has 0 saturated carbocycles. The largest absolute Gasteiger partial charge is 0.316 e. The molecule has 0 spiro atoms. The van der Waals surface area contributed by atoms with Gasteiger partial charge >= 0.3 is 0 Å². The van der Waals surface area contributed by atoms with Crippen molar-refractivity contribution in [2.45, 2.75) is 39.4 Å². The van der Waals surface area contributed by atoms with Gasteiger partial charge in [-0.15, -0.1) is 0 Å². The molecule has 1 unspecified atom stereocenters. The zero-order valence-corrected chi connectivity index (χ0v) is 11.3. The molecule has 5 nitrogen and oxygen atoms in total. The summed E-state index contributed by atoms with van der Waals surface area (Å²) in [4.78, 5) is 0. The zero-order chi connectivity index (χ0) is 13.0. The van der Waals surface area contributed by atoms with Crippen molar-refractivity contribution in [1.82, 2.24) is 24.9 Å². The minimum atomic E-state index is 0.455. The van der Waals surface area contributed by atoms with E-state index in [1.165, 1.54) is 5.56 Å².